The molecule has 0 aromatic heterocycles. The Hall–Kier alpha value is -0.820. The van der Waals surface area contributed by atoms with Crippen LogP contribution in [0.25, 0.3) is 0 Å². The summed E-state index contributed by atoms with van der Waals surface area (Å²) in [5.41, 5.74) is 4.41. The lowest BCUT2D eigenvalue weighted by molar-refractivity contribution is 0.198. The Morgan fingerprint density at radius 2 is 1.42 bits per heavy atom. The molecule has 1 heteroatoms. The highest BCUT2D eigenvalue weighted by molar-refractivity contribution is 5.43. The number of aliphatic hydroxyl groups is 1. The highest BCUT2D eigenvalue weighted by Crippen LogP contribution is 2.46. The highest BCUT2D eigenvalue weighted by Gasteiger charge is 2.36. The molecule has 1 aromatic carbocycles. The molecule has 0 radical (unpaired) electrons. The van der Waals surface area contributed by atoms with Crippen LogP contribution in [0.5, 0.6) is 0 Å². The summed E-state index contributed by atoms with van der Waals surface area (Å²) in [6, 6.07) is 6.51. The molecule has 0 saturated carbocycles. The number of aliphatic hydroxyl groups excluding tert-OH is 1. The van der Waals surface area contributed by atoms with Crippen molar-refractivity contribution in [2.75, 3.05) is 0 Å². The van der Waals surface area contributed by atoms with E-state index in [1.165, 1.54) is 24.0 Å². The average Bonchev–Trinajstić information content (AvgIpc) is 2.37. The van der Waals surface area contributed by atoms with Gasteiger partial charge in [0.05, 0.1) is 6.10 Å². The first-order chi connectivity index (χ1) is 8.74. The van der Waals surface area contributed by atoms with E-state index in [0.717, 1.165) is 5.56 Å². The lowest BCUT2D eigenvalue weighted by Crippen LogP contribution is -2.33. The summed E-state index contributed by atoms with van der Waals surface area (Å²) in [5, 5.41) is 9.73. The first kappa shape index (κ1) is 16.2. The number of hydrogen-bond acceptors (Lipinski definition) is 1. The Balaban J connectivity index is 0.000000861. The van der Waals surface area contributed by atoms with Crippen molar-refractivity contribution in [2.45, 2.75) is 78.2 Å². The van der Waals surface area contributed by atoms with Gasteiger partial charge in [0.15, 0.2) is 0 Å². The Labute approximate surface area is 119 Å². The van der Waals surface area contributed by atoms with Gasteiger partial charge in [-0.15, -0.1) is 0 Å². The van der Waals surface area contributed by atoms with Crippen molar-refractivity contribution >= 4 is 0 Å². The summed E-state index contributed by atoms with van der Waals surface area (Å²) in [6.07, 6.45) is 2.08. The fourth-order valence-electron chi connectivity index (χ4n) is 2.87. The smallest absolute Gasteiger partial charge is 0.0762 e. The summed E-state index contributed by atoms with van der Waals surface area (Å²) >= 11 is 0. The molecule has 19 heavy (non-hydrogen) atoms. The topological polar surface area (TPSA) is 20.2 Å². The number of rotatable bonds is 1. The molecular formula is C18H30O. The molecule has 1 N–H and O–H groups in total. The average molecular weight is 262 g/mol. The third kappa shape index (κ3) is 3.20. The van der Waals surface area contributed by atoms with Gasteiger partial charge >= 0.3 is 0 Å². The number of benzene rings is 1. The zero-order chi connectivity index (χ0) is 14.8. The molecule has 0 heterocycles. The third-order valence-electron chi connectivity index (χ3n) is 4.36. The van der Waals surface area contributed by atoms with E-state index in [4.69, 9.17) is 0 Å². The molecule has 1 atom stereocenters. The molecule has 0 spiro atoms. The predicted octanol–water partition coefficient (Wildman–Crippen LogP) is 5.12. The van der Waals surface area contributed by atoms with E-state index in [2.05, 4.69) is 45.9 Å². The number of hydrogen-bond donors (Lipinski definition) is 1. The summed E-state index contributed by atoms with van der Waals surface area (Å²) in [5.74, 6) is 0. The van der Waals surface area contributed by atoms with Gasteiger partial charge in [0.2, 0.25) is 0 Å². The van der Waals surface area contributed by atoms with Crippen LogP contribution in [0, 0.1) is 0 Å². The van der Waals surface area contributed by atoms with Crippen molar-refractivity contribution in [1.29, 1.82) is 0 Å². The van der Waals surface area contributed by atoms with Crippen LogP contribution in [-0.4, -0.2) is 5.11 Å². The molecule has 2 rings (SSSR count). The molecule has 108 valence electrons. The molecule has 1 aromatic rings. The maximum atomic E-state index is 9.73. The van der Waals surface area contributed by atoms with Crippen LogP contribution in [0.1, 0.15) is 84.1 Å². The van der Waals surface area contributed by atoms with E-state index in [-0.39, 0.29) is 16.9 Å². The van der Waals surface area contributed by atoms with Gasteiger partial charge in [-0.3, -0.25) is 0 Å². The maximum absolute atomic E-state index is 9.73. The second-order valence-corrected chi connectivity index (χ2v) is 6.75. The van der Waals surface area contributed by atoms with Gasteiger partial charge in [-0.25, -0.2) is 0 Å². The Bertz CT molecular complexity index is 427. The zero-order valence-corrected chi connectivity index (χ0v) is 13.7. The molecule has 1 aliphatic carbocycles. The normalized spacial score (nSPS) is 20.8. The fraction of sp³-hybridized carbons (Fsp3) is 0.667. The van der Waals surface area contributed by atoms with Crippen LogP contribution in [0.15, 0.2) is 18.2 Å². The third-order valence-corrected chi connectivity index (χ3v) is 4.36. The van der Waals surface area contributed by atoms with Crippen LogP contribution in [0.4, 0.5) is 0 Å². The minimum absolute atomic E-state index is 0.232. The standard InChI is InChI=1S/C16H24O.C2H6/c1-11(17)12-6-7-13-14(10-12)16(4,5)9-8-15(13,2)3;1-2/h6-7,10-11,17H,8-9H2,1-5H3;1-2H3. The minimum atomic E-state index is -0.374. The van der Waals surface area contributed by atoms with E-state index in [1.54, 1.807) is 0 Å². The zero-order valence-electron chi connectivity index (χ0n) is 13.7. The van der Waals surface area contributed by atoms with Crippen molar-refractivity contribution in [3.8, 4) is 0 Å². The van der Waals surface area contributed by atoms with E-state index < -0.39 is 0 Å². The van der Waals surface area contributed by atoms with Crippen molar-refractivity contribution in [3.63, 3.8) is 0 Å². The van der Waals surface area contributed by atoms with Crippen LogP contribution in [0.2, 0.25) is 0 Å². The monoisotopic (exact) mass is 262 g/mol. The summed E-state index contributed by atoms with van der Waals surface area (Å²) in [7, 11) is 0. The van der Waals surface area contributed by atoms with Gasteiger partial charge in [-0.1, -0.05) is 59.7 Å². The molecule has 0 amide bonds. The van der Waals surface area contributed by atoms with Gasteiger partial charge in [0.1, 0.15) is 0 Å². The van der Waals surface area contributed by atoms with E-state index >= 15 is 0 Å². The van der Waals surface area contributed by atoms with Gasteiger partial charge < -0.3 is 5.11 Å². The molecule has 0 fully saturated rings. The van der Waals surface area contributed by atoms with Crippen LogP contribution < -0.4 is 0 Å². The number of fused-ring (bicyclic) bond motifs is 1. The predicted molar refractivity (Wildman–Crippen MR) is 83.7 cm³/mol. The SMILES string of the molecule is CC.CC(O)c1ccc2c(c1)C(C)(C)CCC2(C)C. The Kier molecular flexibility index (Phi) is 4.84. The molecule has 1 aliphatic rings. The second-order valence-electron chi connectivity index (χ2n) is 6.75. The highest BCUT2D eigenvalue weighted by atomic mass is 16.3. The van der Waals surface area contributed by atoms with E-state index in [9.17, 15) is 5.11 Å². The van der Waals surface area contributed by atoms with Gasteiger partial charge in [-0.2, -0.15) is 0 Å². The molecule has 0 aliphatic heterocycles. The van der Waals surface area contributed by atoms with Crippen molar-refractivity contribution < 1.29 is 5.11 Å². The largest absolute Gasteiger partial charge is 0.389 e. The van der Waals surface area contributed by atoms with Crippen molar-refractivity contribution in [3.05, 3.63) is 34.9 Å². The quantitative estimate of drug-likeness (QED) is 0.745. The first-order valence-corrected chi connectivity index (χ1v) is 7.57. The van der Waals surface area contributed by atoms with E-state index in [1.807, 2.05) is 20.8 Å². The van der Waals surface area contributed by atoms with Gasteiger partial charge in [-0.05, 0) is 47.3 Å². The van der Waals surface area contributed by atoms with Gasteiger partial charge in [0.25, 0.3) is 0 Å². The Morgan fingerprint density at radius 3 is 1.89 bits per heavy atom. The van der Waals surface area contributed by atoms with Crippen molar-refractivity contribution in [1.82, 2.24) is 0 Å². The lowest BCUT2D eigenvalue weighted by Gasteiger charge is -2.42. The molecule has 1 nitrogen and oxygen atoms in total. The van der Waals surface area contributed by atoms with Crippen LogP contribution >= 0.6 is 0 Å². The summed E-state index contributed by atoms with van der Waals surface area (Å²) < 4.78 is 0. The van der Waals surface area contributed by atoms with E-state index in [0.29, 0.717) is 0 Å². The van der Waals surface area contributed by atoms with Crippen LogP contribution in [0.3, 0.4) is 0 Å². The summed E-state index contributed by atoms with van der Waals surface area (Å²) in [4.78, 5) is 0. The Morgan fingerprint density at radius 1 is 0.947 bits per heavy atom. The summed E-state index contributed by atoms with van der Waals surface area (Å²) in [6.45, 7) is 15.1. The molecule has 0 saturated heterocycles. The molecule has 1 unspecified atom stereocenters. The van der Waals surface area contributed by atoms with Gasteiger partial charge in [0, 0.05) is 0 Å². The fourth-order valence-corrected chi connectivity index (χ4v) is 2.87. The molecule has 0 bridgehead atoms. The minimum Gasteiger partial charge on any atom is -0.389 e. The first-order valence-electron chi connectivity index (χ1n) is 7.57. The van der Waals surface area contributed by atoms with Crippen LogP contribution in [-0.2, 0) is 10.8 Å². The lowest BCUT2D eigenvalue weighted by atomic mass is 9.63. The molecular weight excluding hydrogens is 232 g/mol. The maximum Gasteiger partial charge on any atom is 0.0762 e. The van der Waals surface area contributed by atoms with Crippen molar-refractivity contribution in [2.24, 2.45) is 0 Å². The second kappa shape index (κ2) is 5.66.